The predicted molar refractivity (Wildman–Crippen MR) is 51.2 cm³/mol. The molecular weight excluding hydrogens is 164 g/mol. The summed E-state index contributed by atoms with van der Waals surface area (Å²) in [4.78, 5) is 2.35. The fourth-order valence-electron chi connectivity index (χ4n) is 1.86. The van der Waals surface area contributed by atoms with Gasteiger partial charge in [0.2, 0.25) is 0 Å². The van der Waals surface area contributed by atoms with Crippen molar-refractivity contribution >= 4 is 0 Å². The average molecular weight is 180 g/mol. The first kappa shape index (κ1) is 8.78. The maximum absolute atomic E-state index is 5.88. The van der Waals surface area contributed by atoms with E-state index in [0.717, 1.165) is 31.8 Å². The Morgan fingerprint density at radius 1 is 1.62 bits per heavy atom. The SMILES string of the molecule is N[C@H]1CCCN(Cc2ccco2)C1. The molecule has 0 unspecified atom stereocenters. The van der Waals surface area contributed by atoms with Gasteiger partial charge in [-0.25, -0.2) is 0 Å². The summed E-state index contributed by atoms with van der Waals surface area (Å²) in [7, 11) is 0. The van der Waals surface area contributed by atoms with Crippen LogP contribution in [-0.4, -0.2) is 24.0 Å². The maximum Gasteiger partial charge on any atom is 0.117 e. The quantitative estimate of drug-likeness (QED) is 0.743. The second kappa shape index (κ2) is 3.94. The standard InChI is InChI=1S/C10H16N2O/c11-9-3-1-5-12(7-9)8-10-4-2-6-13-10/h2,4,6,9H,1,3,5,7-8,11H2/t9-/m0/s1. The number of rotatable bonds is 2. The Morgan fingerprint density at radius 2 is 2.54 bits per heavy atom. The highest BCUT2D eigenvalue weighted by molar-refractivity contribution is 4.98. The lowest BCUT2D eigenvalue weighted by atomic mass is 10.1. The molecule has 0 saturated carbocycles. The summed E-state index contributed by atoms with van der Waals surface area (Å²) in [5, 5.41) is 0. The average Bonchev–Trinajstić information content (AvgIpc) is 2.57. The van der Waals surface area contributed by atoms with E-state index in [1.165, 1.54) is 6.42 Å². The zero-order valence-corrected chi connectivity index (χ0v) is 7.78. The van der Waals surface area contributed by atoms with Crippen LogP contribution < -0.4 is 5.73 Å². The van der Waals surface area contributed by atoms with E-state index in [1.807, 2.05) is 12.1 Å². The molecule has 1 aliphatic rings. The molecule has 0 amide bonds. The van der Waals surface area contributed by atoms with Crippen LogP contribution in [0.3, 0.4) is 0 Å². The van der Waals surface area contributed by atoms with Gasteiger partial charge < -0.3 is 10.2 Å². The molecule has 1 atom stereocenters. The lowest BCUT2D eigenvalue weighted by molar-refractivity contribution is 0.188. The molecule has 1 fully saturated rings. The monoisotopic (exact) mass is 180 g/mol. The van der Waals surface area contributed by atoms with Crippen molar-refractivity contribution in [3.8, 4) is 0 Å². The number of piperidine rings is 1. The molecule has 0 aliphatic carbocycles. The van der Waals surface area contributed by atoms with Crippen LogP contribution in [0.2, 0.25) is 0 Å². The number of hydrogen-bond donors (Lipinski definition) is 1. The first-order valence-electron chi connectivity index (χ1n) is 4.85. The Kier molecular flexibility index (Phi) is 2.66. The van der Waals surface area contributed by atoms with Gasteiger partial charge >= 0.3 is 0 Å². The number of hydrogen-bond acceptors (Lipinski definition) is 3. The largest absolute Gasteiger partial charge is 0.468 e. The molecule has 1 saturated heterocycles. The highest BCUT2D eigenvalue weighted by Gasteiger charge is 2.16. The Hall–Kier alpha value is -0.800. The Morgan fingerprint density at radius 3 is 3.23 bits per heavy atom. The van der Waals surface area contributed by atoms with E-state index in [-0.39, 0.29) is 0 Å². The summed E-state index contributed by atoms with van der Waals surface area (Å²) in [5.41, 5.74) is 5.88. The number of nitrogens with zero attached hydrogens (tertiary/aromatic N) is 1. The molecule has 0 bridgehead atoms. The van der Waals surface area contributed by atoms with E-state index in [0.29, 0.717) is 6.04 Å². The smallest absolute Gasteiger partial charge is 0.117 e. The summed E-state index contributed by atoms with van der Waals surface area (Å²) in [5.74, 6) is 1.04. The van der Waals surface area contributed by atoms with Gasteiger partial charge in [-0.15, -0.1) is 0 Å². The lowest BCUT2D eigenvalue weighted by Crippen LogP contribution is -2.42. The van der Waals surface area contributed by atoms with Gasteiger partial charge in [0, 0.05) is 12.6 Å². The Bertz CT molecular complexity index is 245. The Labute approximate surface area is 78.5 Å². The van der Waals surface area contributed by atoms with E-state index < -0.39 is 0 Å². The van der Waals surface area contributed by atoms with Crippen molar-refractivity contribution in [3.63, 3.8) is 0 Å². The first-order valence-corrected chi connectivity index (χ1v) is 4.85. The predicted octanol–water partition coefficient (Wildman–Crippen LogP) is 1.20. The van der Waals surface area contributed by atoms with Crippen LogP contribution in [0.4, 0.5) is 0 Å². The van der Waals surface area contributed by atoms with Crippen molar-refractivity contribution in [2.24, 2.45) is 5.73 Å². The summed E-state index contributed by atoms with van der Waals surface area (Å²) < 4.78 is 5.29. The Balaban J connectivity index is 1.87. The summed E-state index contributed by atoms with van der Waals surface area (Å²) >= 11 is 0. The van der Waals surface area contributed by atoms with Crippen LogP contribution >= 0.6 is 0 Å². The van der Waals surface area contributed by atoms with Crippen LogP contribution in [0.25, 0.3) is 0 Å². The highest BCUT2D eigenvalue weighted by Crippen LogP contribution is 2.12. The minimum atomic E-state index is 0.351. The molecule has 1 aliphatic heterocycles. The van der Waals surface area contributed by atoms with E-state index in [4.69, 9.17) is 10.2 Å². The molecule has 2 heterocycles. The van der Waals surface area contributed by atoms with Crippen LogP contribution in [0, 0.1) is 0 Å². The van der Waals surface area contributed by atoms with Crippen LogP contribution in [-0.2, 0) is 6.54 Å². The summed E-state index contributed by atoms with van der Waals surface area (Å²) in [6.07, 6.45) is 4.09. The molecule has 3 heteroatoms. The van der Waals surface area contributed by atoms with Gasteiger partial charge in [0.25, 0.3) is 0 Å². The molecule has 0 spiro atoms. The van der Waals surface area contributed by atoms with Gasteiger partial charge in [-0.05, 0) is 31.5 Å². The minimum Gasteiger partial charge on any atom is -0.468 e. The third-order valence-electron chi connectivity index (χ3n) is 2.50. The van der Waals surface area contributed by atoms with Crippen molar-refractivity contribution in [3.05, 3.63) is 24.2 Å². The van der Waals surface area contributed by atoms with E-state index in [9.17, 15) is 0 Å². The molecule has 13 heavy (non-hydrogen) atoms. The maximum atomic E-state index is 5.88. The van der Waals surface area contributed by atoms with Gasteiger partial charge in [-0.1, -0.05) is 0 Å². The highest BCUT2D eigenvalue weighted by atomic mass is 16.3. The van der Waals surface area contributed by atoms with Crippen molar-refractivity contribution < 1.29 is 4.42 Å². The number of likely N-dealkylation sites (tertiary alicyclic amines) is 1. The number of nitrogens with two attached hydrogens (primary N) is 1. The van der Waals surface area contributed by atoms with Crippen molar-refractivity contribution in [1.82, 2.24) is 4.90 Å². The third-order valence-corrected chi connectivity index (χ3v) is 2.50. The summed E-state index contributed by atoms with van der Waals surface area (Å²) in [6, 6.07) is 4.29. The molecule has 3 nitrogen and oxygen atoms in total. The van der Waals surface area contributed by atoms with Crippen LogP contribution in [0.1, 0.15) is 18.6 Å². The van der Waals surface area contributed by atoms with Gasteiger partial charge in [-0.3, -0.25) is 4.90 Å². The molecular formula is C10H16N2O. The molecule has 2 N–H and O–H groups in total. The van der Waals surface area contributed by atoms with Crippen LogP contribution in [0.5, 0.6) is 0 Å². The zero-order valence-electron chi connectivity index (χ0n) is 7.78. The van der Waals surface area contributed by atoms with Crippen LogP contribution in [0.15, 0.2) is 22.8 Å². The first-order chi connectivity index (χ1) is 6.34. The van der Waals surface area contributed by atoms with Crippen molar-refractivity contribution in [2.45, 2.75) is 25.4 Å². The molecule has 0 aromatic carbocycles. The molecule has 1 aromatic rings. The second-order valence-electron chi connectivity index (χ2n) is 3.72. The van der Waals surface area contributed by atoms with Gasteiger partial charge in [-0.2, -0.15) is 0 Å². The molecule has 1 aromatic heterocycles. The van der Waals surface area contributed by atoms with Crippen molar-refractivity contribution in [2.75, 3.05) is 13.1 Å². The molecule has 72 valence electrons. The zero-order chi connectivity index (χ0) is 9.10. The van der Waals surface area contributed by atoms with Gasteiger partial charge in [0.05, 0.1) is 12.8 Å². The molecule has 0 radical (unpaired) electrons. The van der Waals surface area contributed by atoms with E-state index in [1.54, 1.807) is 6.26 Å². The fourth-order valence-corrected chi connectivity index (χ4v) is 1.86. The van der Waals surface area contributed by atoms with E-state index in [2.05, 4.69) is 4.90 Å². The topological polar surface area (TPSA) is 42.4 Å². The third kappa shape index (κ3) is 2.32. The van der Waals surface area contributed by atoms with Gasteiger partial charge in [0.1, 0.15) is 5.76 Å². The normalized spacial score (nSPS) is 24.8. The van der Waals surface area contributed by atoms with Gasteiger partial charge in [0.15, 0.2) is 0 Å². The summed E-state index contributed by atoms with van der Waals surface area (Å²) in [6.45, 7) is 3.05. The molecule has 2 rings (SSSR count). The van der Waals surface area contributed by atoms with Crippen molar-refractivity contribution in [1.29, 1.82) is 0 Å². The fraction of sp³-hybridized carbons (Fsp3) is 0.600. The second-order valence-corrected chi connectivity index (χ2v) is 3.72. The minimum absolute atomic E-state index is 0.351. The number of furan rings is 1. The lowest BCUT2D eigenvalue weighted by Gasteiger charge is -2.29. The van der Waals surface area contributed by atoms with E-state index >= 15 is 0 Å².